The molecule has 1 N–H and O–H groups in total. The van der Waals surface area contributed by atoms with E-state index >= 15 is 0 Å². The van der Waals surface area contributed by atoms with Crippen LogP contribution in [0.4, 0.5) is 10.1 Å². The SMILES string of the molecule is CSC1CCCC(NCc2ccc([N+](=O)[O-])c(F)c2)C1. The van der Waals surface area contributed by atoms with Crippen molar-refractivity contribution in [3.63, 3.8) is 0 Å². The number of hydrogen-bond donors (Lipinski definition) is 1. The maximum atomic E-state index is 13.5. The monoisotopic (exact) mass is 298 g/mol. The molecule has 6 heteroatoms. The summed E-state index contributed by atoms with van der Waals surface area (Å²) < 4.78 is 13.5. The first kappa shape index (κ1) is 15.3. The summed E-state index contributed by atoms with van der Waals surface area (Å²) in [5.74, 6) is -0.764. The third-order valence-electron chi connectivity index (χ3n) is 3.76. The van der Waals surface area contributed by atoms with Gasteiger partial charge in [-0.25, -0.2) is 0 Å². The molecule has 1 fully saturated rings. The fourth-order valence-electron chi connectivity index (χ4n) is 2.62. The van der Waals surface area contributed by atoms with Gasteiger partial charge >= 0.3 is 5.69 Å². The van der Waals surface area contributed by atoms with Gasteiger partial charge in [0.25, 0.3) is 0 Å². The average Bonchev–Trinajstić information content (AvgIpc) is 2.45. The van der Waals surface area contributed by atoms with Crippen LogP contribution in [0.15, 0.2) is 18.2 Å². The lowest BCUT2D eigenvalue weighted by molar-refractivity contribution is -0.387. The molecule has 0 saturated heterocycles. The Bertz CT molecular complexity index is 484. The molecule has 0 spiro atoms. The summed E-state index contributed by atoms with van der Waals surface area (Å²) in [5.41, 5.74) is 0.285. The molecule has 1 aromatic rings. The maximum absolute atomic E-state index is 13.5. The van der Waals surface area contributed by atoms with Crippen LogP contribution in [0.1, 0.15) is 31.2 Å². The molecule has 1 saturated carbocycles. The van der Waals surface area contributed by atoms with Crippen LogP contribution < -0.4 is 5.32 Å². The molecule has 4 nitrogen and oxygen atoms in total. The molecule has 0 radical (unpaired) electrons. The standard InChI is InChI=1S/C14H19FN2O2S/c1-20-12-4-2-3-11(8-12)16-9-10-5-6-14(17(18)19)13(15)7-10/h5-7,11-12,16H,2-4,8-9H2,1H3. The lowest BCUT2D eigenvalue weighted by Crippen LogP contribution is -2.34. The zero-order chi connectivity index (χ0) is 14.5. The van der Waals surface area contributed by atoms with Gasteiger partial charge in [0.05, 0.1) is 4.92 Å². The minimum absolute atomic E-state index is 0.458. The molecule has 0 heterocycles. The Morgan fingerprint density at radius 3 is 2.95 bits per heavy atom. The Labute approximate surface area is 122 Å². The van der Waals surface area contributed by atoms with Crippen molar-refractivity contribution in [2.24, 2.45) is 0 Å². The molecular formula is C14H19FN2O2S. The lowest BCUT2D eigenvalue weighted by Gasteiger charge is -2.28. The van der Waals surface area contributed by atoms with Crippen molar-refractivity contribution in [3.8, 4) is 0 Å². The van der Waals surface area contributed by atoms with Crippen molar-refractivity contribution in [1.82, 2.24) is 5.32 Å². The van der Waals surface area contributed by atoms with E-state index < -0.39 is 16.4 Å². The Morgan fingerprint density at radius 1 is 1.50 bits per heavy atom. The van der Waals surface area contributed by atoms with Crippen molar-refractivity contribution in [3.05, 3.63) is 39.7 Å². The molecule has 0 amide bonds. The van der Waals surface area contributed by atoms with Crippen molar-refractivity contribution < 1.29 is 9.31 Å². The van der Waals surface area contributed by atoms with Crippen LogP contribution in [0.3, 0.4) is 0 Å². The second kappa shape index (κ2) is 7.04. The third kappa shape index (κ3) is 3.93. The summed E-state index contributed by atoms with van der Waals surface area (Å²) >= 11 is 1.90. The van der Waals surface area contributed by atoms with Crippen molar-refractivity contribution >= 4 is 17.4 Å². The fraction of sp³-hybridized carbons (Fsp3) is 0.571. The molecule has 2 atom stereocenters. The zero-order valence-corrected chi connectivity index (χ0v) is 12.3. The van der Waals surface area contributed by atoms with Crippen LogP contribution in [0.2, 0.25) is 0 Å². The molecule has 0 aromatic heterocycles. The molecule has 2 rings (SSSR count). The van der Waals surface area contributed by atoms with Gasteiger partial charge in [-0.05, 0) is 37.1 Å². The van der Waals surface area contributed by atoms with Gasteiger partial charge in [0.1, 0.15) is 0 Å². The van der Waals surface area contributed by atoms with Crippen molar-refractivity contribution in [1.29, 1.82) is 0 Å². The Kier molecular flexibility index (Phi) is 5.37. The predicted molar refractivity (Wildman–Crippen MR) is 79.5 cm³/mol. The first-order valence-corrected chi connectivity index (χ1v) is 8.08. The minimum atomic E-state index is -0.764. The van der Waals surface area contributed by atoms with Gasteiger partial charge < -0.3 is 5.32 Å². The van der Waals surface area contributed by atoms with E-state index in [2.05, 4.69) is 11.6 Å². The number of hydrogen-bond acceptors (Lipinski definition) is 4. The van der Waals surface area contributed by atoms with Crippen LogP contribution in [-0.4, -0.2) is 22.5 Å². The Balaban J connectivity index is 1.91. The van der Waals surface area contributed by atoms with E-state index in [1.165, 1.54) is 25.0 Å². The molecule has 1 aromatic carbocycles. The number of nitrogens with zero attached hydrogens (tertiary/aromatic N) is 1. The van der Waals surface area contributed by atoms with Gasteiger partial charge in [0.2, 0.25) is 5.82 Å². The highest BCUT2D eigenvalue weighted by Crippen LogP contribution is 2.27. The summed E-state index contributed by atoms with van der Waals surface area (Å²) in [4.78, 5) is 9.86. The fourth-order valence-corrected chi connectivity index (χ4v) is 3.44. The first-order valence-electron chi connectivity index (χ1n) is 6.79. The van der Waals surface area contributed by atoms with Gasteiger partial charge in [-0.15, -0.1) is 0 Å². The predicted octanol–water partition coefficient (Wildman–Crippen LogP) is 3.50. The number of nitrogens with one attached hydrogen (secondary N) is 1. The van der Waals surface area contributed by atoms with Crippen molar-refractivity contribution in [2.75, 3.05) is 6.26 Å². The Hall–Kier alpha value is -1.14. The molecule has 0 aliphatic heterocycles. The summed E-state index contributed by atoms with van der Waals surface area (Å²) in [6.45, 7) is 0.556. The molecule has 20 heavy (non-hydrogen) atoms. The molecular weight excluding hydrogens is 279 g/mol. The van der Waals surface area contributed by atoms with E-state index in [0.717, 1.165) is 18.4 Å². The normalized spacial score (nSPS) is 22.7. The third-order valence-corrected chi connectivity index (χ3v) is 4.86. The largest absolute Gasteiger partial charge is 0.310 e. The number of benzene rings is 1. The van der Waals surface area contributed by atoms with E-state index in [1.54, 1.807) is 6.07 Å². The average molecular weight is 298 g/mol. The second-order valence-electron chi connectivity index (χ2n) is 5.15. The first-order chi connectivity index (χ1) is 9.60. The van der Waals surface area contributed by atoms with E-state index in [0.29, 0.717) is 17.8 Å². The Morgan fingerprint density at radius 2 is 2.30 bits per heavy atom. The summed E-state index contributed by atoms with van der Waals surface area (Å²) in [6, 6.07) is 4.56. The number of nitro benzene ring substituents is 1. The molecule has 2 unspecified atom stereocenters. The van der Waals surface area contributed by atoms with Crippen LogP contribution in [0.5, 0.6) is 0 Å². The van der Waals surface area contributed by atoms with E-state index in [4.69, 9.17) is 0 Å². The molecule has 110 valence electrons. The summed E-state index contributed by atoms with van der Waals surface area (Å²) in [5, 5.41) is 14.7. The van der Waals surface area contributed by atoms with E-state index in [-0.39, 0.29) is 0 Å². The highest BCUT2D eigenvalue weighted by Gasteiger charge is 2.21. The van der Waals surface area contributed by atoms with Crippen LogP contribution >= 0.6 is 11.8 Å². The highest BCUT2D eigenvalue weighted by atomic mass is 32.2. The highest BCUT2D eigenvalue weighted by molar-refractivity contribution is 7.99. The molecule has 0 bridgehead atoms. The van der Waals surface area contributed by atoms with Crippen molar-refractivity contribution in [2.45, 2.75) is 43.5 Å². The van der Waals surface area contributed by atoms with Gasteiger partial charge in [-0.1, -0.05) is 12.5 Å². The molecule has 1 aliphatic rings. The second-order valence-corrected chi connectivity index (χ2v) is 6.28. The molecule has 1 aliphatic carbocycles. The van der Waals surface area contributed by atoms with Gasteiger partial charge in [0, 0.05) is 23.9 Å². The zero-order valence-electron chi connectivity index (χ0n) is 11.5. The smallest absolute Gasteiger partial charge is 0.304 e. The van der Waals surface area contributed by atoms with Gasteiger partial charge in [-0.2, -0.15) is 16.2 Å². The topological polar surface area (TPSA) is 55.2 Å². The lowest BCUT2D eigenvalue weighted by atomic mass is 9.95. The van der Waals surface area contributed by atoms with E-state index in [9.17, 15) is 14.5 Å². The minimum Gasteiger partial charge on any atom is -0.310 e. The summed E-state index contributed by atoms with van der Waals surface area (Å²) in [6.07, 6.45) is 6.91. The van der Waals surface area contributed by atoms with E-state index in [1.807, 2.05) is 11.8 Å². The number of halogens is 1. The van der Waals surface area contributed by atoms with Crippen LogP contribution in [0.25, 0.3) is 0 Å². The van der Waals surface area contributed by atoms with Gasteiger partial charge in [-0.3, -0.25) is 10.1 Å². The summed E-state index contributed by atoms with van der Waals surface area (Å²) in [7, 11) is 0. The maximum Gasteiger partial charge on any atom is 0.304 e. The van der Waals surface area contributed by atoms with Gasteiger partial charge in [0.15, 0.2) is 0 Å². The quantitative estimate of drug-likeness (QED) is 0.668. The number of nitro groups is 1. The number of thioether (sulfide) groups is 1. The van der Waals surface area contributed by atoms with Crippen LogP contribution in [0, 0.1) is 15.9 Å². The van der Waals surface area contributed by atoms with Crippen LogP contribution in [-0.2, 0) is 6.54 Å². The number of rotatable bonds is 5.